The van der Waals surface area contributed by atoms with Crippen molar-refractivity contribution in [1.82, 2.24) is 10.2 Å². The Bertz CT molecular complexity index is 1350. The first-order valence-electron chi connectivity index (χ1n) is 13.0. The number of rotatable bonds is 12. The SMILES string of the molecule is CCCCNC(=O)C(Cc1ccccc1)N(Cc1ccccc1F)C(=O)COc1cccc2ccccc12. The van der Waals surface area contributed by atoms with Gasteiger partial charge in [0.15, 0.2) is 6.61 Å². The second-order valence-electron chi connectivity index (χ2n) is 9.23. The highest BCUT2D eigenvalue weighted by molar-refractivity contribution is 5.90. The third kappa shape index (κ3) is 6.97. The number of carbonyl (C=O) groups is 2. The first-order chi connectivity index (χ1) is 18.6. The summed E-state index contributed by atoms with van der Waals surface area (Å²) in [5.41, 5.74) is 1.25. The van der Waals surface area contributed by atoms with E-state index in [0.717, 1.165) is 29.2 Å². The summed E-state index contributed by atoms with van der Waals surface area (Å²) < 4.78 is 20.7. The molecular formula is C32H33FN2O3. The zero-order valence-corrected chi connectivity index (χ0v) is 21.6. The number of carbonyl (C=O) groups excluding carboxylic acids is 2. The molecule has 0 aliphatic rings. The zero-order valence-electron chi connectivity index (χ0n) is 21.6. The summed E-state index contributed by atoms with van der Waals surface area (Å²) >= 11 is 0. The Balaban J connectivity index is 1.63. The van der Waals surface area contributed by atoms with Crippen LogP contribution in [0.2, 0.25) is 0 Å². The van der Waals surface area contributed by atoms with Crippen LogP contribution in [0.5, 0.6) is 5.75 Å². The van der Waals surface area contributed by atoms with Gasteiger partial charge in [0.25, 0.3) is 5.91 Å². The van der Waals surface area contributed by atoms with E-state index in [2.05, 4.69) is 5.32 Å². The molecule has 0 aliphatic carbocycles. The van der Waals surface area contributed by atoms with Crippen LogP contribution in [0.1, 0.15) is 30.9 Å². The fourth-order valence-corrected chi connectivity index (χ4v) is 4.41. The van der Waals surface area contributed by atoms with E-state index in [9.17, 15) is 14.0 Å². The van der Waals surface area contributed by atoms with Gasteiger partial charge in [-0.15, -0.1) is 0 Å². The van der Waals surface area contributed by atoms with Gasteiger partial charge in [0.05, 0.1) is 0 Å². The van der Waals surface area contributed by atoms with Crippen molar-refractivity contribution in [2.75, 3.05) is 13.2 Å². The lowest BCUT2D eigenvalue weighted by Crippen LogP contribution is -2.52. The van der Waals surface area contributed by atoms with Crippen LogP contribution < -0.4 is 10.1 Å². The zero-order chi connectivity index (χ0) is 26.7. The third-order valence-corrected chi connectivity index (χ3v) is 6.50. The van der Waals surface area contributed by atoms with Crippen molar-refractivity contribution in [2.45, 2.75) is 38.8 Å². The number of unbranched alkanes of at least 4 members (excludes halogenated alkanes) is 1. The summed E-state index contributed by atoms with van der Waals surface area (Å²) in [5.74, 6) is -0.510. The van der Waals surface area contributed by atoms with Crippen molar-refractivity contribution >= 4 is 22.6 Å². The van der Waals surface area contributed by atoms with Crippen molar-refractivity contribution < 1.29 is 18.7 Å². The maximum atomic E-state index is 14.7. The molecule has 4 rings (SSSR count). The molecule has 4 aromatic rings. The fraction of sp³-hybridized carbons (Fsp3) is 0.250. The number of hydrogen-bond acceptors (Lipinski definition) is 3. The second kappa shape index (κ2) is 13.4. The van der Waals surface area contributed by atoms with Crippen molar-refractivity contribution in [3.05, 3.63) is 114 Å². The molecule has 6 heteroatoms. The molecule has 1 N–H and O–H groups in total. The highest BCUT2D eigenvalue weighted by atomic mass is 19.1. The molecule has 196 valence electrons. The molecule has 1 unspecified atom stereocenters. The smallest absolute Gasteiger partial charge is 0.261 e. The second-order valence-corrected chi connectivity index (χ2v) is 9.23. The molecule has 0 heterocycles. The molecule has 0 fully saturated rings. The quantitative estimate of drug-likeness (QED) is 0.240. The minimum absolute atomic E-state index is 0.0525. The van der Waals surface area contributed by atoms with Crippen molar-refractivity contribution in [2.24, 2.45) is 0 Å². The van der Waals surface area contributed by atoms with Gasteiger partial charge in [-0.1, -0.05) is 98.3 Å². The molecule has 0 spiro atoms. The van der Waals surface area contributed by atoms with Crippen molar-refractivity contribution in [3.63, 3.8) is 0 Å². The minimum Gasteiger partial charge on any atom is -0.483 e. The average molecular weight is 513 g/mol. The van der Waals surface area contributed by atoms with Gasteiger partial charge in [0.1, 0.15) is 17.6 Å². The van der Waals surface area contributed by atoms with Crippen LogP contribution in [-0.2, 0) is 22.6 Å². The fourth-order valence-electron chi connectivity index (χ4n) is 4.41. The monoisotopic (exact) mass is 512 g/mol. The largest absolute Gasteiger partial charge is 0.483 e. The molecule has 0 saturated carbocycles. The topological polar surface area (TPSA) is 58.6 Å². The lowest BCUT2D eigenvalue weighted by Gasteiger charge is -2.31. The number of fused-ring (bicyclic) bond motifs is 1. The van der Waals surface area contributed by atoms with Gasteiger partial charge in [0.2, 0.25) is 5.91 Å². The first kappa shape index (κ1) is 26.9. The number of nitrogens with one attached hydrogen (secondary N) is 1. The Kier molecular flexibility index (Phi) is 9.46. The van der Waals surface area contributed by atoms with Crippen LogP contribution in [0.15, 0.2) is 97.1 Å². The molecule has 0 radical (unpaired) electrons. The predicted octanol–water partition coefficient (Wildman–Crippen LogP) is 5.91. The maximum absolute atomic E-state index is 14.7. The molecule has 0 bridgehead atoms. The predicted molar refractivity (Wildman–Crippen MR) is 148 cm³/mol. The van der Waals surface area contributed by atoms with Gasteiger partial charge in [-0.05, 0) is 29.5 Å². The maximum Gasteiger partial charge on any atom is 0.261 e. The van der Waals surface area contributed by atoms with Gasteiger partial charge in [-0.2, -0.15) is 0 Å². The van der Waals surface area contributed by atoms with Crippen LogP contribution in [0.25, 0.3) is 10.8 Å². The number of benzene rings is 4. The van der Waals surface area contributed by atoms with Gasteiger partial charge in [-0.25, -0.2) is 4.39 Å². The van der Waals surface area contributed by atoms with E-state index >= 15 is 0 Å². The number of halogens is 1. The Morgan fingerprint density at radius 2 is 1.61 bits per heavy atom. The van der Waals surface area contributed by atoms with Crippen molar-refractivity contribution in [1.29, 1.82) is 0 Å². The molecule has 5 nitrogen and oxygen atoms in total. The number of amides is 2. The highest BCUT2D eigenvalue weighted by Gasteiger charge is 2.31. The Hall–Kier alpha value is -4.19. The summed E-state index contributed by atoms with van der Waals surface area (Å²) in [6.07, 6.45) is 2.06. The third-order valence-electron chi connectivity index (χ3n) is 6.50. The summed E-state index contributed by atoms with van der Waals surface area (Å²) in [4.78, 5) is 28.6. The van der Waals surface area contributed by atoms with E-state index in [1.807, 2.05) is 79.7 Å². The lowest BCUT2D eigenvalue weighted by atomic mass is 10.0. The van der Waals surface area contributed by atoms with Crippen LogP contribution in [0.4, 0.5) is 4.39 Å². The van der Waals surface area contributed by atoms with Gasteiger partial charge < -0.3 is 15.0 Å². The average Bonchev–Trinajstić information content (AvgIpc) is 2.95. The van der Waals surface area contributed by atoms with Gasteiger partial charge >= 0.3 is 0 Å². The van der Waals surface area contributed by atoms with E-state index in [-0.39, 0.29) is 19.1 Å². The van der Waals surface area contributed by atoms with E-state index in [1.165, 1.54) is 11.0 Å². The van der Waals surface area contributed by atoms with Crippen molar-refractivity contribution in [3.8, 4) is 5.75 Å². The van der Waals surface area contributed by atoms with E-state index < -0.39 is 17.8 Å². The van der Waals surface area contributed by atoms with Crippen LogP contribution in [0.3, 0.4) is 0 Å². The summed E-state index contributed by atoms with van der Waals surface area (Å²) in [5, 5.41) is 4.86. The molecule has 4 aromatic carbocycles. The van der Waals surface area contributed by atoms with Crippen LogP contribution >= 0.6 is 0 Å². The molecule has 0 aliphatic heterocycles. The molecule has 0 saturated heterocycles. The Morgan fingerprint density at radius 1 is 0.895 bits per heavy atom. The molecule has 1 atom stereocenters. The Morgan fingerprint density at radius 3 is 2.39 bits per heavy atom. The van der Waals surface area contributed by atoms with E-state index in [4.69, 9.17) is 4.74 Å². The summed E-state index contributed by atoms with van der Waals surface area (Å²) in [6, 6.07) is 28.5. The number of nitrogens with zero attached hydrogens (tertiary/aromatic N) is 1. The molecule has 38 heavy (non-hydrogen) atoms. The van der Waals surface area contributed by atoms with Crippen LogP contribution in [-0.4, -0.2) is 35.9 Å². The van der Waals surface area contributed by atoms with E-state index in [1.54, 1.807) is 18.2 Å². The summed E-state index contributed by atoms with van der Waals surface area (Å²) in [7, 11) is 0. The highest BCUT2D eigenvalue weighted by Crippen LogP contribution is 2.25. The molecular weight excluding hydrogens is 479 g/mol. The lowest BCUT2D eigenvalue weighted by molar-refractivity contribution is -0.142. The number of ether oxygens (including phenoxy) is 1. The number of hydrogen-bond donors (Lipinski definition) is 1. The minimum atomic E-state index is -0.836. The first-order valence-corrected chi connectivity index (χ1v) is 13.0. The molecule has 0 aromatic heterocycles. The van der Waals surface area contributed by atoms with Crippen LogP contribution in [0, 0.1) is 5.82 Å². The van der Waals surface area contributed by atoms with Gasteiger partial charge in [-0.3, -0.25) is 9.59 Å². The molecule has 2 amide bonds. The standard InChI is InChI=1S/C32H33FN2O3/c1-2-3-20-34-32(37)29(21-24-12-5-4-6-13-24)35(22-26-15-8-10-18-28(26)33)31(36)23-38-30-19-11-16-25-14-7-9-17-27(25)30/h4-19,29H,2-3,20-23H2,1H3,(H,34,37). The normalized spacial score (nSPS) is 11.6. The Labute approximate surface area is 223 Å². The summed E-state index contributed by atoms with van der Waals surface area (Å²) in [6.45, 7) is 2.22. The van der Waals surface area contributed by atoms with Gasteiger partial charge in [0, 0.05) is 30.5 Å². The van der Waals surface area contributed by atoms with E-state index in [0.29, 0.717) is 24.3 Å².